The Morgan fingerprint density at radius 2 is 1.61 bits per heavy atom. The van der Waals surface area contributed by atoms with E-state index in [9.17, 15) is 9.90 Å². The lowest BCUT2D eigenvalue weighted by Gasteiger charge is -2.36. The first-order valence-corrected chi connectivity index (χ1v) is 10.5. The zero-order valence-corrected chi connectivity index (χ0v) is 17.4. The number of aromatic nitrogens is 2. The van der Waals surface area contributed by atoms with Crippen LogP contribution in [0.3, 0.4) is 0 Å². The number of aryl methyl sites for hydroxylation is 1. The summed E-state index contributed by atoms with van der Waals surface area (Å²) in [6.45, 7) is 4.74. The summed E-state index contributed by atoms with van der Waals surface area (Å²) in [4.78, 5) is 21.9. The minimum Gasteiger partial charge on any atom is -0.508 e. The first kappa shape index (κ1) is 19.2. The predicted molar refractivity (Wildman–Crippen MR) is 122 cm³/mol. The third kappa shape index (κ3) is 3.61. The number of phenols is 1. The van der Waals surface area contributed by atoms with Crippen molar-refractivity contribution in [2.45, 2.75) is 6.92 Å². The number of benzene rings is 3. The zero-order chi connectivity index (χ0) is 21.4. The first-order chi connectivity index (χ1) is 15.1. The number of aromatic hydroxyl groups is 1. The normalized spacial score (nSPS) is 14.2. The molecule has 156 valence electrons. The monoisotopic (exact) mass is 412 g/mol. The number of piperazine rings is 1. The van der Waals surface area contributed by atoms with Gasteiger partial charge in [-0.05, 0) is 49.4 Å². The van der Waals surface area contributed by atoms with Crippen LogP contribution >= 0.6 is 0 Å². The summed E-state index contributed by atoms with van der Waals surface area (Å²) in [5, 5.41) is 9.71. The van der Waals surface area contributed by atoms with Crippen molar-refractivity contribution in [3.05, 3.63) is 84.2 Å². The van der Waals surface area contributed by atoms with Gasteiger partial charge in [0.15, 0.2) is 0 Å². The van der Waals surface area contributed by atoms with E-state index in [0.717, 1.165) is 41.3 Å². The van der Waals surface area contributed by atoms with Gasteiger partial charge in [-0.2, -0.15) is 0 Å². The lowest BCUT2D eigenvalue weighted by atomic mass is 10.1. The number of hydrogen-bond acceptors (Lipinski definition) is 4. The molecule has 1 N–H and O–H groups in total. The Morgan fingerprint density at radius 1 is 0.871 bits per heavy atom. The van der Waals surface area contributed by atoms with Crippen LogP contribution in [-0.4, -0.2) is 51.6 Å². The van der Waals surface area contributed by atoms with Crippen LogP contribution in [0.15, 0.2) is 72.8 Å². The molecule has 0 unspecified atom stereocenters. The fourth-order valence-electron chi connectivity index (χ4n) is 4.28. The Hall–Kier alpha value is -3.80. The highest BCUT2D eigenvalue weighted by atomic mass is 16.3. The number of hydrogen-bond donors (Lipinski definition) is 1. The van der Waals surface area contributed by atoms with Crippen molar-refractivity contribution in [3.8, 4) is 11.4 Å². The molecule has 0 aliphatic carbocycles. The summed E-state index contributed by atoms with van der Waals surface area (Å²) in [6, 6.07) is 23.1. The number of carbonyl (C=O) groups excluding carboxylic acids is 1. The summed E-state index contributed by atoms with van der Waals surface area (Å²) in [5.41, 5.74) is 4.52. The van der Waals surface area contributed by atoms with E-state index < -0.39 is 0 Å². The zero-order valence-electron chi connectivity index (χ0n) is 17.4. The van der Waals surface area contributed by atoms with Crippen molar-refractivity contribution in [3.63, 3.8) is 0 Å². The molecule has 6 heteroatoms. The highest BCUT2D eigenvalue weighted by molar-refractivity contribution is 5.97. The maximum Gasteiger partial charge on any atom is 0.254 e. The average Bonchev–Trinajstić information content (AvgIpc) is 3.14. The van der Waals surface area contributed by atoms with Crippen molar-refractivity contribution in [2.24, 2.45) is 0 Å². The number of imidazole rings is 1. The molecule has 0 spiro atoms. The molecule has 4 aromatic rings. The number of nitrogens with zero attached hydrogens (tertiary/aromatic N) is 4. The van der Waals surface area contributed by atoms with Crippen molar-refractivity contribution < 1.29 is 9.90 Å². The van der Waals surface area contributed by atoms with Gasteiger partial charge in [0.25, 0.3) is 5.91 Å². The highest BCUT2D eigenvalue weighted by Crippen LogP contribution is 2.24. The van der Waals surface area contributed by atoms with E-state index in [4.69, 9.17) is 4.98 Å². The molecule has 3 aromatic carbocycles. The Kier molecular flexibility index (Phi) is 4.82. The van der Waals surface area contributed by atoms with Gasteiger partial charge in [-0.3, -0.25) is 9.36 Å². The third-order valence-electron chi connectivity index (χ3n) is 5.85. The number of phenolic OH excluding ortho intramolecular Hbond substituents is 1. The second-order valence-electron chi connectivity index (χ2n) is 7.83. The van der Waals surface area contributed by atoms with Crippen LogP contribution in [0.2, 0.25) is 0 Å². The quantitative estimate of drug-likeness (QED) is 0.553. The molecule has 0 saturated carbocycles. The van der Waals surface area contributed by atoms with Gasteiger partial charge < -0.3 is 14.9 Å². The highest BCUT2D eigenvalue weighted by Gasteiger charge is 2.23. The van der Waals surface area contributed by atoms with Crippen LogP contribution in [0.4, 0.5) is 5.69 Å². The number of para-hydroxylation sites is 1. The predicted octanol–water partition coefficient (Wildman–Crippen LogP) is 4.00. The van der Waals surface area contributed by atoms with Gasteiger partial charge >= 0.3 is 0 Å². The third-order valence-corrected chi connectivity index (χ3v) is 5.85. The Bertz CT molecular complexity index is 1240. The van der Waals surface area contributed by atoms with Gasteiger partial charge in [-0.1, -0.05) is 24.3 Å². The SMILES string of the molecule is Cc1nc2cc(C(=O)N3CCN(c4cccc(O)c4)CC3)ccc2n1-c1ccccc1. The molecule has 1 aromatic heterocycles. The van der Waals surface area contributed by atoms with Crippen LogP contribution in [0.5, 0.6) is 5.75 Å². The molecule has 0 radical (unpaired) electrons. The van der Waals surface area contributed by atoms with Crippen molar-refractivity contribution in [1.29, 1.82) is 0 Å². The van der Waals surface area contributed by atoms with Crippen molar-refractivity contribution >= 4 is 22.6 Å². The summed E-state index contributed by atoms with van der Waals surface area (Å²) in [5.74, 6) is 1.18. The number of rotatable bonds is 3. The minimum absolute atomic E-state index is 0.0318. The molecule has 0 bridgehead atoms. The minimum atomic E-state index is 0.0318. The standard InChI is InChI=1S/C25H24N4O2/c1-18-26-23-16-19(10-11-24(23)29(18)20-6-3-2-4-7-20)25(31)28-14-12-27(13-15-28)21-8-5-9-22(30)17-21/h2-11,16-17,30H,12-15H2,1H3. The summed E-state index contributed by atoms with van der Waals surface area (Å²) < 4.78 is 2.11. The molecular formula is C25H24N4O2. The lowest BCUT2D eigenvalue weighted by Crippen LogP contribution is -2.48. The molecule has 5 rings (SSSR count). The fourth-order valence-corrected chi connectivity index (χ4v) is 4.28. The fraction of sp³-hybridized carbons (Fsp3) is 0.200. The lowest BCUT2D eigenvalue weighted by molar-refractivity contribution is 0.0747. The van der Waals surface area contributed by atoms with Crippen molar-refractivity contribution in [1.82, 2.24) is 14.5 Å². The Labute approximate surface area is 181 Å². The largest absolute Gasteiger partial charge is 0.508 e. The molecule has 1 amide bonds. The molecule has 2 heterocycles. The molecule has 1 fully saturated rings. The second kappa shape index (κ2) is 7.80. The van der Waals surface area contributed by atoms with Crippen LogP contribution in [-0.2, 0) is 0 Å². The van der Waals surface area contributed by atoms with Crippen LogP contribution in [0, 0.1) is 6.92 Å². The molecular weight excluding hydrogens is 388 g/mol. The number of carbonyl (C=O) groups is 1. The van der Waals surface area contributed by atoms with Crippen LogP contribution in [0.1, 0.15) is 16.2 Å². The van der Waals surface area contributed by atoms with E-state index in [2.05, 4.69) is 21.6 Å². The molecule has 1 saturated heterocycles. The molecule has 6 nitrogen and oxygen atoms in total. The van der Waals surface area contributed by atoms with Gasteiger partial charge in [-0.15, -0.1) is 0 Å². The average molecular weight is 412 g/mol. The summed E-state index contributed by atoms with van der Waals surface area (Å²) >= 11 is 0. The summed E-state index contributed by atoms with van der Waals surface area (Å²) in [6.07, 6.45) is 0. The first-order valence-electron chi connectivity index (χ1n) is 10.5. The van der Waals surface area contributed by atoms with E-state index in [0.29, 0.717) is 18.7 Å². The topological polar surface area (TPSA) is 61.6 Å². The van der Waals surface area contributed by atoms with Crippen LogP contribution in [0.25, 0.3) is 16.7 Å². The van der Waals surface area contributed by atoms with E-state index in [-0.39, 0.29) is 11.7 Å². The van der Waals surface area contributed by atoms with Gasteiger partial charge in [0.05, 0.1) is 11.0 Å². The molecule has 0 atom stereocenters. The smallest absolute Gasteiger partial charge is 0.254 e. The molecule has 1 aliphatic rings. The van der Waals surface area contributed by atoms with E-state index in [1.165, 1.54) is 0 Å². The van der Waals surface area contributed by atoms with E-state index >= 15 is 0 Å². The second-order valence-corrected chi connectivity index (χ2v) is 7.83. The number of fused-ring (bicyclic) bond motifs is 1. The maximum atomic E-state index is 13.1. The molecule has 1 aliphatic heterocycles. The maximum absolute atomic E-state index is 13.1. The van der Waals surface area contributed by atoms with Gasteiger partial charge in [0, 0.05) is 49.2 Å². The Balaban J connectivity index is 1.35. The summed E-state index contributed by atoms with van der Waals surface area (Å²) in [7, 11) is 0. The van der Waals surface area contributed by atoms with Gasteiger partial charge in [0.1, 0.15) is 11.6 Å². The van der Waals surface area contributed by atoms with E-state index in [1.807, 2.05) is 60.4 Å². The Morgan fingerprint density at radius 3 is 2.35 bits per heavy atom. The van der Waals surface area contributed by atoms with E-state index in [1.54, 1.807) is 12.1 Å². The number of anilines is 1. The van der Waals surface area contributed by atoms with Crippen LogP contribution < -0.4 is 4.90 Å². The van der Waals surface area contributed by atoms with Gasteiger partial charge in [-0.25, -0.2) is 4.98 Å². The van der Waals surface area contributed by atoms with Gasteiger partial charge in [0.2, 0.25) is 0 Å². The number of amides is 1. The molecule has 31 heavy (non-hydrogen) atoms. The van der Waals surface area contributed by atoms with Crippen molar-refractivity contribution in [2.75, 3.05) is 31.1 Å².